The lowest BCUT2D eigenvalue weighted by molar-refractivity contribution is 0.669. The quantitative estimate of drug-likeness (QED) is 0.186. The standard InChI is InChI=1S/C48H30N2O/c1-2-12-31(13-3-1)32-14-10-16-35(28-32)49-43-22-8-5-20-40(43)47-44(49)26-25-39-37-18-4-7-21-42(37)50(48(39)47)36-17-11-15-33(29-36)34-24-27-46-41(30-34)38-19-6-9-23-45(38)51-46/h1-30H. The van der Waals surface area contributed by atoms with E-state index in [0.29, 0.717) is 0 Å². The Bertz CT molecular complexity index is 3140. The van der Waals surface area contributed by atoms with Gasteiger partial charge in [-0.3, -0.25) is 0 Å². The second kappa shape index (κ2) is 10.8. The molecule has 0 spiro atoms. The van der Waals surface area contributed by atoms with Crippen molar-refractivity contribution in [1.29, 1.82) is 0 Å². The predicted octanol–water partition coefficient (Wildman–Crippen LogP) is 13.1. The van der Waals surface area contributed by atoms with Crippen LogP contribution in [0.2, 0.25) is 0 Å². The van der Waals surface area contributed by atoms with Crippen molar-refractivity contribution >= 4 is 65.6 Å². The molecule has 0 aliphatic carbocycles. The lowest BCUT2D eigenvalue weighted by Crippen LogP contribution is -1.96. The van der Waals surface area contributed by atoms with Gasteiger partial charge in [0.15, 0.2) is 0 Å². The third-order valence-electron chi connectivity index (χ3n) is 10.5. The maximum atomic E-state index is 6.16. The van der Waals surface area contributed by atoms with Gasteiger partial charge in [0.05, 0.1) is 22.1 Å². The SMILES string of the molecule is c1ccc(-c2cccc(-n3c4ccccc4c4c3ccc3c5ccccc5n(-c5cccc(-c6ccc7oc8ccccc8c7c6)c5)c34)c2)cc1. The fourth-order valence-electron chi connectivity index (χ4n) is 8.24. The Balaban J connectivity index is 1.18. The fraction of sp³-hybridized carbons (Fsp3) is 0. The van der Waals surface area contributed by atoms with Gasteiger partial charge in [0.25, 0.3) is 0 Å². The summed E-state index contributed by atoms with van der Waals surface area (Å²) in [5.74, 6) is 0. The zero-order chi connectivity index (χ0) is 33.5. The van der Waals surface area contributed by atoms with Crippen LogP contribution in [0.3, 0.4) is 0 Å². The molecule has 0 saturated carbocycles. The van der Waals surface area contributed by atoms with E-state index >= 15 is 0 Å². The molecule has 11 rings (SSSR count). The van der Waals surface area contributed by atoms with E-state index < -0.39 is 0 Å². The van der Waals surface area contributed by atoms with Gasteiger partial charge >= 0.3 is 0 Å². The highest BCUT2D eigenvalue weighted by molar-refractivity contribution is 6.26. The third kappa shape index (κ3) is 4.19. The van der Waals surface area contributed by atoms with Crippen LogP contribution in [0.15, 0.2) is 186 Å². The van der Waals surface area contributed by atoms with E-state index in [9.17, 15) is 0 Å². The summed E-state index contributed by atoms with van der Waals surface area (Å²) in [5, 5.41) is 7.25. The van der Waals surface area contributed by atoms with Crippen LogP contribution < -0.4 is 0 Å². The van der Waals surface area contributed by atoms with Gasteiger partial charge in [0.2, 0.25) is 0 Å². The Hall–Kier alpha value is -6.84. The molecule has 0 fully saturated rings. The molecule has 51 heavy (non-hydrogen) atoms. The van der Waals surface area contributed by atoms with Crippen molar-refractivity contribution in [3.05, 3.63) is 182 Å². The average molecular weight is 651 g/mol. The lowest BCUT2D eigenvalue weighted by Gasteiger charge is -2.12. The number of aromatic nitrogens is 2. The highest BCUT2D eigenvalue weighted by Gasteiger charge is 2.21. The summed E-state index contributed by atoms with van der Waals surface area (Å²) in [5.41, 5.74) is 13.6. The first-order chi connectivity index (χ1) is 25.3. The first-order valence-corrected chi connectivity index (χ1v) is 17.4. The summed E-state index contributed by atoms with van der Waals surface area (Å²) in [4.78, 5) is 0. The highest BCUT2D eigenvalue weighted by Crippen LogP contribution is 2.43. The van der Waals surface area contributed by atoms with Crippen molar-refractivity contribution in [2.45, 2.75) is 0 Å². The van der Waals surface area contributed by atoms with E-state index in [1.54, 1.807) is 0 Å². The minimum Gasteiger partial charge on any atom is -0.456 e. The van der Waals surface area contributed by atoms with Crippen molar-refractivity contribution in [3.8, 4) is 33.6 Å². The smallest absolute Gasteiger partial charge is 0.135 e. The Morgan fingerprint density at radius 2 is 0.902 bits per heavy atom. The van der Waals surface area contributed by atoms with Crippen LogP contribution in [-0.2, 0) is 0 Å². The Morgan fingerprint density at radius 1 is 0.314 bits per heavy atom. The number of hydrogen-bond acceptors (Lipinski definition) is 1. The van der Waals surface area contributed by atoms with E-state index in [2.05, 4.69) is 179 Å². The molecule has 0 radical (unpaired) electrons. The van der Waals surface area contributed by atoms with Crippen molar-refractivity contribution in [1.82, 2.24) is 9.13 Å². The topological polar surface area (TPSA) is 23.0 Å². The first-order valence-electron chi connectivity index (χ1n) is 17.4. The third-order valence-corrected chi connectivity index (χ3v) is 10.5. The van der Waals surface area contributed by atoms with Crippen molar-refractivity contribution in [2.24, 2.45) is 0 Å². The zero-order valence-corrected chi connectivity index (χ0v) is 27.6. The van der Waals surface area contributed by atoms with Crippen molar-refractivity contribution < 1.29 is 4.42 Å². The van der Waals surface area contributed by atoms with Gasteiger partial charge < -0.3 is 13.6 Å². The van der Waals surface area contributed by atoms with Crippen LogP contribution >= 0.6 is 0 Å². The summed E-state index contributed by atoms with van der Waals surface area (Å²) in [6, 6.07) is 65.6. The van der Waals surface area contributed by atoms with E-state index in [1.807, 2.05) is 12.1 Å². The van der Waals surface area contributed by atoms with Crippen LogP contribution in [0.1, 0.15) is 0 Å². The molecule has 8 aromatic carbocycles. The monoisotopic (exact) mass is 650 g/mol. The van der Waals surface area contributed by atoms with Gasteiger partial charge in [-0.1, -0.05) is 121 Å². The number of hydrogen-bond donors (Lipinski definition) is 0. The van der Waals surface area contributed by atoms with Gasteiger partial charge in [-0.25, -0.2) is 0 Å². The van der Waals surface area contributed by atoms with E-state index in [1.165, 1.54) is 54.7 Å². The molecule has 0 aliphatic heterocycles. The van der Waals surface area contributed by atoms with Crippen molar-refractivity contribution in [2.75, 3.05) is 0 Å². The minimum atomic E-state index is 0.909. The van der Waals surface area contributed by atoms with Crippen molar-refractivity contribution in [3.63, 3.8) is 0 Å². The molecule has 11 aromatic rings. The fourth-order valence-corrected chi connectivity index (χ4v) is 8.24. The van der Waals surface area contributed by atoms with E-state index in [4.69, 9.17) is 4.42 Å². The molecule has 0 aliphatic rings. The van der Waals surface area contributed by atoms with Gasteiger partial charge in [0.1, 0.15) is 11.2 Å². The molecule has 0 bridgehead atoms. The predicted molar refractivity (Wildman–Crippen MR) is 213 cm³/mol. The second-order valence-electron chi connectivity index (χ2n) is 13.3. The van der Waals surface area contributed by atoms with Crippen LogP contribution in [-0.4, -0.2) is 9.13 Å². The van der Waals surface area contributed by atoms with E-state index in [-0.39, 0.29) is 0 Å². The number of nitrogens with zero attached hydrogens (tertiary/aromatic N) is 2. The molecule has 3 heterocycles. The first kappa shape index (κ1) is 28.0. The molecular weight excluding hydrogens is 621 g/mol. The molecule has 3 nitrogen and oxygen atoms in total. The largest absolute Gasteiger partial charge is 0.456 e. The highest BCUT2D eigenvalue weighted by atomic mass is 16.3. The molecular formula is C48H30N2O. The zero-order valence-electron chi connectivity index (χ0n) is 27.6. The van der Waals surface area contributed by atoms with Crippen LogP contribution in [0, 0.1) is 0 Å². The van der Waals surface area contributed by atoms with Gasteiger partial charge in [-0.05, 0) is 82.9 Å². The molecule has 0 N–H and O–H groups in total. The maximum Gasteiger partial charge on any atom is 0.135 e. The van der Waals surface area contributed by atoms with E-state index in [0.717, 1.165) is 44.4 Å². The summed E-state index contributed by atoms with van der Waals surface area (Å²) < 4.78 is 11.1. The van der Waals surface area contributed by atoms with Gasteiger partial charge in [-0.2, -0.15) is 0 Å². The number of para-hydroxylation sites is 3. The van der Waals surface area contributed by atoms with Crippen LogP contribution in [0.5, 0.6) is 0 Å². The Morgan fingerprint density at radius 3 is 1.71 bits per heavy atom. The molecule has 0 unspecified atom stereocenters. The van der Waals surface area contributed by atoms with Gasteiger partial charge in [0, 0.05) is 43.7 Å². The second-order valence-corrected chi connectivity index (χ2v) is 13.3. The molecule has 3 heteroatoms. The molecule has 0 atom stereocenters. The Labute approximate surface area is 293 Å². The molecule has 0 saturated heterocycles. The summed E-state index contributed by atoms with van der Waals surface area (Å²) in [7, 11) is 0. The summed E-state index contributed by atoms with van der Waals surface area (Å²) >= 11 is 0. The summed E-state index contributed by atoms with van der Waals surface area (Å²) in [6.45, 7) is 0. The maximum absolute atomic E-state index is 6.16. The molecule has 238 valence electrons. The summed E-state index contributed by atoms with van der Waals surface area (Å²) in [6.07, 6.45) is 0. The minimum absolute atomic E-state index is 0.909. The lowest BCUT2D eigenvalue weighted by atomic mass is 10.0. The number of furan rings is 1. The number of benzene rings is 8. The number of rotatable bonds is 4. The van der Waals surface area contributed by atoms with Crippen LogP contribution in [0.4, 0.5) is 0 Å². The van der Waals surface area contributed by atoms with Crippen LogP contribution in [0.25, 0.3) is 99.2 Å². The average Bonchev–Trinajstić information content (AvgIpc) is 3.86. The molecule has 3 aromatic heterocycles. The molecule has 0 amide bonds. The Kier molecular flexibility index (Phi) is 5.96. The number of fused-ring (bicyclic) bond motifs is 10. The van der Waals surface area contributed by atoms with Gasteiger partial charge in [-0.15, -0.1) is 0 Å². The normalized spacial score (nSPS) is 11.9.